The molecule has 0 saturated heterocycles. The highest BCUT2D eigenvalue weighted by molar-refractivity contribution is 6.75. The predicted octanol–water partition coefficient (Wildman–Crippen LogP) is 5.18. The molecule has 1 nitrogen and oxygen atoms in total. The first-order chi connectivity index (χ1) is 7.18. The summed E-state index contributed by atoms with van der Waals surface area (Å²) in [6.45, 7) is 1.47. The van der Waals surface area contributed by atoms with E-state index in [-0.39, 0.29) is 0 Å². The first kappa shape index (κ1) is 14.7. The number of hydrogen-bond acceptors (Lipinski definition) is 0. The van der Waals surface area contributed by atoms with Crippen LogP contribution >= 0.6 is 58.0 Å². The minimum atomic E-state index is -1.92. The van der Waals surface area contributed by atoms with E-state index < -0.39 is 14.2 Å². The highest BCUT2D eigenvalue weighted by Gasteiger charge is 2.48. The highest BCUT2D eigenvalue weighted by atomic mass is 35.6. The van der Waals surface area contributed by atoms with Gasteiger partial charge in [0.05, 0.1) is 0 Å². The maximum absolute atomic E-state index is 11.5. The second kappa shape index (κ2) is 5.09. The molecular formula is C10H8Cl5O. The van der Waals surface area contributed by atoms with E-state index in [0.717, 1.165) is 0 Å². The average Bonchev–Trinajstić information content (AvgIpc) is 2.16. The predicted molar refractivity (Wildman–Crippen MR) is 69.2 cm³/mol. The number of hydrogen-bond donors (Lipinski definition) is 0. The molecular weight excluding hydrogens is 313 g/mol. The lowest BCUT2D eigenvalue weighted by atomic mass is 10.0. The van der Waals surface area contributed by atoms with E-state index >= 15 is 0 Å². The van der Waals surface area contributed by atoms with Gasteiger partial charge in [0, 0.05) is 0 Å². The van der Waals surface area contributed by atoms with E-state index in [9.17, 15) is 5.11 Å². The zero-order valence-electron chi connectivity index (χ0n) is 8.18. The monoisotopic (exact) mass is 319 g/mol. The maximum atomic E-state index is 11.5. The molecule has 0 spiro atoms. The van der Waals surface area contributed by atoms with Crippen LogP contribution in [0.2, 0.25) is 0 Å². The van der Waals surface area contributed by atoms with Crippen molar-refractivity contribution in [2.75, 3.05) is 0 Å². The van der Waals surface area contributed by atoms with Crippen LogP contribution in [0.4, 0.5) is 0 Å². The largest absolute Gasteiger partial charge is 0.228 e. The van der Waals surface area contributed by atoms with Crippen LogP contribution in [0, 0.1) is 0 Å². The SMILES string of the molecule is CC([O])c1ccccc1C(Cl)(Cl)C(Cl)(Cl)Cl. The van der Waals surface area contributed by atoms with Crippen LogP contribution in [0.25, 0.3) is 0 Å². The van der Waals surface area contributed by atoms with Crippen molar-refractivity contribution in [2.24, 2.45) is 0 Å². The minimum absolute atomic E-state index is 0.320. The first-order valence-electron chi connectivity index (χ1n) is 4.37. The van der Waals surface area contributed by atoms with Crippen LogP contribution in [0.3, 0.4) is 0 Å². The molecule has 1 atom stereocenters. The molecule has 6 heteroatoms. The Balaban J connectivity index is 3.33. The number of halogens is 5. The van der Waals surface area contributed by atoms with E-state index in [4.69, 9.17) is 58.0 Å². The van der Waals surface area contributed by atoms with E-state index in [1.807, 2.05) is 0 Å². The third kappa shape index (κ3) is 2.90. The van der Waals surface area contributed by atoms with Gasteiger partial charge in [0.15, 0.2) is 4.33 Å². The van der Waals surface area contributed by atoms with Gasteiger partial charge in [0.25, 0.3) is 0 Å². The first-order valence-corrected chi connectivity index (χ1v) is 6.26. The normalized spacial score (nSPS) is 14.9. The number of rotatable bonds is 2. The lowest BCUT2D eigenvalue weighted by Crippen LogP contribution is -2.29. The van der Waals surface area contributed by atoms with Gasteiger partial charge < -0.3 is 0 Å². The molecule has 89 valence electrons. The molecule has 1 unspecified atom stereocenters. The topological polar surface area (TPSA) is 19.9 Å². The Bertz CT molecular complexity index is 370. The Kier molecular flexibility index (Phi) is 4.68. The molecule has 0 amide bonds. The lowest BCUT2D eigenvalue weighted by molar-refractivity contribution is 0.105. The zero-order chi connectivity index (χ0) is 12.6. The van der Waals surface area contributed by atoms with Gasteiger partial charge >= 0.3 is 0 Å². The standard InChI is InChI=1S/C10H8Cl5O/c1-6(16)7-4-2-3-5-8(7)9(11,12)10(13,14)15/h2-6H,1H3. The molecule has 0 bridgehead atoms. The smallest absolute Gasteiger partial charge is 0.227 e. The van der Waals surface area contributed by atoms with Crippen LogP contribution in [-0.2, 0) is 9.44 Å². The average molecular weight is 321 g/mol. The molecule has 0 aliphatic rings. The Labute approximate surface area is 119 Å². The summed E-state index contributed by atoms with van der Waals surface area (Å²) in [7, 11) is 0. The summed E-state index contributed by atoms with van der Waals surface area (Å²) >= 11 is 29.1. The van der Waals surface area contributed by atoms with E-state index in [2.05, 4.69) is 0 Å². The lowest BCUT2D eigenvalue weighted by Gasteiger charge is -2.29. The Morgan fingerprint density at radius 2 is 1.56 bits per heavy atom. The van der Waals surface area contributed by atoms with Gasteiger partial charge in [-0.25, -0.2) is 5.11 Å². The van der Waals surface area contributed by atoms with Crippen molar-refractivity contribution in [3.8, 4) is 0 Å². The third-order valence-corrected chi connectivity index (χ3v) is 4.50. The summed E-state index contributed by atoms with van der Waals surface area (Å²) in [4.78, 5) is 0. The molecule has 0 saturated carbocycles. The van der Waals surface area contributed by atoms with Gasteiger partial charge in [-0.05, 0) is 18.1 Å². The van der Waals surface area contributed by atoms with Crippen LogP contribution < -0.4 is 0 Å². The quantitative estimate of drug-likeness (QED) is 0.669. The zero-order valence-corrected chi connectivity index (χ0v) is 12.0. The van der Waals surface area contributed by atoms with Crippen molar-refractivity contribution in [2.45, 2.75) is 21.2 Å². The summed E-state index contributed by atoms with van der Waals surface area (Å²) in [5.74, 6) is 0. The summed E-state index contributed by atoms with van der Waals surface area (Å²) in [6.07, 6.45) is -1.000. The molecule has 1 radical (unpaired) electrons. The molecule has 16 heavy (non-hydrogen) atoms. The van der Waals surface area contributed by atoms with Crippen molar-refractivity contribution in [3.63, 3.8) is 0 Å². The number of alkyl halides is 5. The minimum Gasteiger partial charge on any atom is -0.228 e. The molecule has 1 rings (SSSR count). The second-order valence-electron chi connectivity index (χ2n) is 3.30. The summed E-state index contributed by atoms with van der Waals surface area (Å²) < 4.78 is -3.67. The fourth-order valence-electron chi connectivity index (χ4n) is 1.29. The molecule has 0 aliphatic heterocycles. The van der Waals surface area contributed by atoms with Gasteiger partial charge in [-0.15, -0.1) is 0 Å². The molecule has 0 aliphatic carbocycles. The van der Waals surface area contributed by atoms with Crippen LogP contribution in [-0.4, -0.2) is 3.79 Å². The molecule has 1 aromatic rings. The van der Waals surface area contributed by atoms with Gasteiger partial charge in [0.1, 0.15) is 6.10 Å². The molecule has 0 heterocycles. The van der Waals surface area contributed by atoms with E-state index in [1.54, 1.807) is 24.3 Å². The van der Waals surface area contributed by atoms with Gasteiger partial charge in [-0.2, -0.15) is 0 Å². The second-order valence-corrected chi connectivity index (χ2v) is 6.91. The molecule has 0 fully saturated rings. The van der Waals surface area contributed by atoms with Gasteiger partial charge in [-0.1, -0.05) is 82.3 Å². The molecule has 0 aromatic heterocycles. The van der Waals surface area contributed by atoms with Gasteiger partial charge in [0.2, 0.25) is 3.79 Å². The fraction of sp³-hybridized carbons (Fsp3) is 0.400. The summed E-state index contributed by atoms with van der Waals surface area (Å²) in [6, 6.07) is 6.57. The van der Waals surface area contributed by atoms with E-state index in [0.29, 0.717) is 11.1 Å². The maximum Gasteiger partial charge on any atom is 0.227 e. The van der Waals surface area contributed by atoms with Gasteiger partial charge in [-0.3, -0.25) is 0 Å². The van der Waals surface area contributed by atoms with Crippen molar-refractivity contribution < 1.29 is 5.11 Å². The highest BCUT2D eigenvalue weighted by Crippen LogP contribution is 2.54. The van der Waals surface area contributed by atoms with E-state index in [1.165, 1.54) is 6.92 Å². The third-order valence-electron chi connectivity index (χ3n) is 2.09. The number of benzene rings is 1. The Hall–Kier alpha value is 0.630. The van der Waals surface area contributed by atoms with Crippen molar-refractivity contribution >= 4 is 58.0 Å². The van der Waals surface area contributed by atoms with Crippen LogP contribution in [0.5, 0.6) is 0 Å². The van der Waals surface area contributed by atoms with Crippen molar-refractivity contribution in [3.05, 3.63) is 35.4 Å². The molecule has 1 aromatic carbocycles. The molecule has 0 N–H and O–H groups in total. The summed E-state index contributed by atoms with van der Waals surface area (Å²) in [5.41, 5.74) is 0.736. The Morgan fingerprint density at radius 1 is 1.06 bits per heavy atom. The van der Waals surface area contributed by atoms with Crippen molar-refractivity contribution in [1.29, 1.82) is 0 Å². The fourth-order valence-corrected chi connectivity index (χ4v) is 1.94. The summed E-state index contributed by atoms with van der Waals surface area (Å²) in [5, 5.41) is 11.5. The van der Waals surface area contributed by atoms with Crippen LogP contribution in [0.1, 0.15) is 24.2 Å². The van der Waals surface area contributed by atoms with Crippen LogP contribution in [0.15, 0.2) is 24.3 Å². The Morgan fingerprint density at radius 3 is 2.00 bits per heavy atom. The van der Waals surface area contributed by atoms with Crippen molar-refractivity contribution in [1.82, 2.24) is 0 Å².